The molecule has 0 aliphatic rings. The first-order chi connectivity index (χ1) is 15.8. The Labute approximate surface area is 194 Å². The van der Waals surface area contributed by atoms with Crippen LogP contribution in [-0.4, -0.2) is 24.3 Å². The van der Waals surface area contributed by atoms with Gasteiger partial charge >= 0.3 is 12.1 Å². The molecule has 3 aromatic rings. The fourth-order valence-electron chi connectivity index (χ4n) is 3.49. The van der Waals surface area contributed by atoms with Crippen molar-refractivity contribution in [2.75, 3.05) is 7.11 Å². The number of hydrogen-bond donors (Lipinski definition) is 2. The van der Waals surface area contributed by atoms with Crippen molar-refractivity contribution in [2.24, 2.45) is 0 Å². The molecule has 3 aromatic carbocycles. The van der Waals surface area contributed by atoms with Crippen LogP contribution in [0.4, 0.5) is 4.79 Å². The van der Waals surface area contributed by atoms with E-state index in [4.69, 9.17) is 9.47 Å². The average Bonchev–Trinajstić information content (AvgIpc) is 2.82. The number of alkyl carbamates (subject to hydrolysis) is 1. The largest absolute Gasteiger partial charge is 0.496 e. The summed E-state index contributed by atoms with van der Waals surface area (Å²) in [6.07, 6.45) is -0.516. The summed E-state index contributed by atoms with van der Waals surface area (Å²) < 4.78 is 10.8. The highest BCUT2D eigenvalue weighted by molar-refractivity contribution is 5.77. The smallest absolute Gasteiger partial charge is 0.407 e. The highest BCUT2D eigenvalue weighted by Gasteiger charge is 2.15. The topological polar surface area (TPSA) is 84.9 Å². The third-order valence-electron chi connectivity index (χ3n) is 5.74. The number of carbonyl (C=O) groups excluding carboxylic acids is 1. The van der Waals surface area contributed by atoms with E-state index < -0.39 is 18.0 Å². The van der Waals surface area contributed by atoms with Crippen LogP contribution in [0.5, 0.6) is 5.75 Å². The zero-order valence-electron chi connectivity index (χ0n) is 19.3. The molecule has 2 N–H and O–H groups in total. The minimum atomic E-state index is -0.869. The minimum absolute atomic E-state index is 0.193. The molecule has 33 heavy (non-hydrogen) atoms. The quantitative estimate of drug-likeness (QED) is 0.470. The van der Waals surface area contributed by atoms with Crippen LogP contribution in [0, 0.1) is 13.8 Å². The van der Waals surface area contributed by atoms with Gasteiger partial charge in [0.2, 0.25) is 0 Å². The molecule has 0 radical (unpaired) electrons. The second kappa shape index (κ2) is 10.7. The molecule has 0 fully saturated rings. The number of aryl methyl sites for hydroxylation is 2. The lowest BCUT2D eigenvalue weighted by molar-refractivity contribution is -0.138. The molecular formula is C27H29NO5. The van der Waals surface area contributed by atoms with E-state index in [1.165, 1.54) is 5.56 Å². The van der Waals surface area contributed by atoms with Crippen LogP contribution in [0.3, 0.4) is 0 Å². The number of amides is 1. The first-order valence-electron chi connectivity index (χ1n) is 10.7. The minimum Gasteiger partial charge on any atom is -0.496 e. The fraction of sp³-hybridized carbons (Fsp3) is 0.259. The number of aliphatic carboxylic acids is 1. The fourth-order valence-corrected chi connectivity index (χ4v) is 3.49. The van der Waals surface area contributed by atoms with Crippen molar-refractivity contribution in [1.82, 2.24) is 5.32 Å². The summed E-state index contributed by atoms with van der Waals surface area (Å²) in [5.41, 5.74) is 6.58. The summed E-state index contributed by atoms with van der Waals surface area (Å²) in [5, 5.41) is 12.1. The number of rotatable bonds is 8. The number of methoxy groups -OCH3 is 1. The van der Waals surface area contributed by atoms with E-state index in [1.54, 1.807) is 20.1 Å². The van der Waals surface area contributed by atoms with E-state index in [9.17, 15) is 14.7 Å². The average molecular weight is 448 g/mol. The Kier molecular flexibility index (Phi) is 7.72. The zero-order valence-corrected chi connectivity index (χ0v) is 19.3. The van der Waals surface area contributed by atoms with E-state index in [0.717, 1.165) is 33.4 Å². The van der Waals surface area contributed by atoms with Crippen LogP contribution >= 0.6 is 0 Å². The number of hydrogen-bond acceptors (Lipinski definition) is 4. The maximum absolute atomic E-state index is 12.2. The molecule has 0 spiro atoms. The number of nitrogens with one attached hydrogen (secondary N) is 1. The molecule has 1 atom stereocenters. The Morgan fingerprint density at radius 1 is 0.970 bits per heavy atom. The molecular weight excluding hydrogens is 418 g/mol. The molecule has 0 aliphatic heterocycles. The second-order valence-electron chi connectivity index (χ2n) is 8.06. The van der Waals surface area contributed by atoms with E-state index in [0.29, 0.717) is 5.75 Å². The van der Waals surface area contributed by atoms with Crippen molar-refractivity contribution in [3.05, 3.63) is 88.5 Å². The SMILES string of the molecule is COc1ccc(-c2cccc(C(C)C(=O)O)c2)cc1CNC(=O)OCc1ccc(C)c(C)c1. The van der Waals surface area contributed by atoms with Gasteiger partial charge in [0, 0.05) is 12.1 Å². The standard InChI is InChI=1S/C27H29NO5/c1-17-8-9-20(12-18(17)2)16-33-27(31)28-15-24-14-23(10-11-25(24)32-4)22-7-5-6-21(13-22)19(3)26(29)30/h5-14,19H,15-16H2,1-4H3,(H,28,31)(H,29,30). The Morgan fingerprint density at radius 2 is 1.73 bits per heavy atom. The van der Waals surface area contributed by atoms with E-state index >= 15 is 0 Å². The molecule has 0 aromatic heterocycles. The van der Waals surface area contributed by atoms with Gasteiger partial charge in [-0.3, -0.25) is 4.79 Å². The first-order valence-corrected chi connectivity index (χ1v) is 10.7. The maximum atomic E-state index is 12.2. The van der Waals surface area contributed by atoms with Crippen LogP contribution in [0.15, 0.2) is 60.7 Å². The zero-order chi connectivity index (χ0) is 24.0. The summed E-state index contributed by atoms with van der Waals surface area (Å²) in [6, 6.07) is 19.1. The molecule has 0 heterocycles. The summed E-state index contributed by atoms with van der Waals surface area (Å²) in [6.45, 7) is 6.15. The van der Waals surface area contributed by atoms with Crippen molar-refractivity contribution >= 4 is 12.1 Å². The summed E-state index contributed by atoms with van der Waals surface area (Å²) in [5.74, 6) is -0.828. The van der Waals surface area contributed by atoms with Crippen molar-refractivity contribution in [3.63, 3.8) is 0 Å². The highest BCUT2D eigenvalue weighted by Crippen LogP contribution is 2.29. The van der Waals surface area contributed by atoms with Crippen LogP contribution in [0.25, 0.3) is 11.1 Å². The van der Waals surface area contributed by atoms with Crippen molar-refractivity contribution < 1.29 is 24.2 Å². The van der Waals surface area contributed by atoms with Crippen molar-refractivity contribution in [2.45, 2.75) is 39.8 Å². The molecule has 3 rings (SSSR count). The summed E-state index contributed by atoms with van der Waals surface area (Å²) in [7, 11) is 1.58. The van der Waals surface area contributed by atoms with Crippen LogP contribution in [0.2, 0.25) is 0 Å². The lowest BCUT2D eigenvalue weighted by atomic mass is 9.95. The van der Waals surface area contributed by atoms with Crippen LogP contribution in [-0.2, 0) is 22.7 Å². The normalized spacial score (nSPS) is 11.5. The Morgan fingerprint density at radius 3 is 2.42 bits per heavy atom. The highest BCUT2D eigenvalue weighted by atomic mass is 16.5. The van der Waals surface area contributed by atoms with Gasteiger partial charge < -0.3 is 19.9 Å². The van der Waals surface area contributed by atoms with Gasteiger partial charge in [-0.05, 0) is 66.3 Å². The molecule has 0 saturated carbocycles. The van der Waals surface area contributed by atoms with E-state index in [1.807, 2.05) is 68.4 Å². The molecule has 0 aliphatic carbocycles. The van der Waals surface area contributed by atoms with Gasteiger partial charge in [0.25, 0.3) is 0 Å². The monoisotopic (exact) mass is 447 g/mol. The number of benzene rings is 3. The van der Waals surface area contributed by atoms with Crippen molar-refractivity contribution in [1.29, 1.82) is 0 Å². The number of carboxylic acid groups (broad SMARTS) is 1. The Hall–Kier alpha value is -3.80. The van der Waals surface area contributed by atoms with Crippen LogP contribution in [0.1, 0.15) is 40.7 Å². The van der Waals surface area contributed by atoms with Gasteiger partial charge in [0.05, 0.1) is 13.0 Å². The second-order valence-corrected chi connectivity index (χ2v) is 8.06. The first kappa shape index (κ1) is 23.9. The molecule has 1 amide bonds. The Bertz CT molecular complexity index is 1150. The molecule has 0 bridgehead atoms. The third kappa shape index (κ3) is 6.13. The molecule has 0 saturated heterocycles. The predicted molar refractivity (Wildman–Crippen MR) is 127 cm³/mol. The number of carbonyl (C=O) groups is 2. The van der Waals surface area contributed by atoms with Gasteiger partial charge in [-0.1, -0.05) is 48.5 Å². The van der Waals surface area contributed by atoms with Gasteiger partial charge in [-0.25, -0.2) is 4.79 Å². The molecule has 6 nitrogen and oxygen atoms in total. The van der Waals surface area contributed by atoms with Gasteiger partial charge in [-0.2, -0.15) is 0 Å². The Balaban J connectivity index is 1.70. The van der Waals surface area contributed by atoms with E-state index in [-0.39, 0.29) is 13.2 Å². The van der Waals surface area contributed by atoms with Crippen molar-refractivity contribution in [3.8, 4) is 16.9 Å². The van der Waals surface area contributed by atoms with Gasteiger partial charge in [0.1, 0.15) is 12.4 Å². The maximum Gasteiger partial charge on any atom is 0.407 e. The summed E-state index contributed by atoms with van der Waals surface area (Å²) in [4.78, 5) is 23.6. The lowest BCUT2D eigenvalue weighted by Gasteiger charge is -2.14. The molecule has 172 valence electrons. The predicted octanol–water partition coefficient (Wildman–Crippen LogP) is 5.59. The summed E-state index contributed by atoms with van der Waals surface area (Å²) >= 11 is 0. The molecule has 1 unspecified atom stereocenters. The lowest BCUT2D eigenvalue weighted by Crippen LogP contribution is -2.24. The number of ether oxygens (including phenoxy) is 2. The van der Waals surface area contributed by atoms with E-state index in [2.05, 4.69) is 5.32 Å². The van der Waals surface area contributed by atoms with Gasteiger partial charge in [0.15, 0.2) is 0 Å². The van der Waals surface area contributed by atoms with Crippen LogP contribution < -0.4 is 10.1 Å². The third-order valence-corrected chi connectivity index (χ3v) is 5.74. The number of carboxylic acids is 1. The molecule has 6 heteroatoms. The van der Waals surface area contributed by atoms with Gasteiger partial charge in [-0.15, -0.1) is 0 Å².